The number of hydrogen-bond donors (Lipinski definition) is 0. The van der Waals surface area contributed by atoms with Crippen LogP contribution in [0.1, 0.15) is 34.0 Å². The zero-order valence-corrected chi connectivity index (χ0v) is 11.6. The Morgan fingerprint density at radius 1 is 1.00 bits per heavy atom. The molecule has 2 aromatic rings. The van der Waals surface area contributed by atoms with Gasteiger partial charge in [0, 0.05) is 0 Å². The van der Waals surface area contributed by atoms with Gasteiger partial charge in [-0.05, 0) is 49.1 Å². The van der Waals surface area contributed by atoms with Gasteiger partial charge in [-0.2, -0.15) is 0 Å². The first-order valence-corrected chi connectivity index (χ1v) is 6.49. The highest BCUT2D eigenvalue weighted by molar-refractivity contribution is 5.91. The van der Waals surface area contributed by atoms with Crippen molar-refractivity contribution in [3.05, 3.63) is 64.7 Å². The Bertz CT molecular complexity index is 562. The van der Waals surface area contributed by atoms with Gasteiger partial charge in [0.05, 0.1) is 5.56 Å². The molecule has 0 unspecified atom stereocenters. The fourth-order valence-corrected chi connectivity index (χ4v) is 1.99. The average Bonchev–Trinajstić information content (AvgIpc) is 2.43. The summed E-state index contributed by atoms with van der Waals surface area (Å²) in [4.78, 5) is 12.1. The van der Waals surface area contributed by atoms with Crippen LogP contribution in [0.25, 0.3) is 0 Å². The summed E-state index contributed by atoms with van der Waals surface area (Å²) in [5.74, 6) is 0.354. The Hall–Kier alpha value is -2.09. The first kappa shape index (κ1) is 13.3. The topological polar surface area (TPSA) is 26.3 Å². The molecule has 0 radical (unpaired) electrons. The van der Waals surface area contributed by atoms with E-state index >= 15 is 0 Å². The highest BCUT2D eigenvalue weighted by Gasteiger charge is 2.11. The van der Waals surface area contributed by atoms with Crippen LogP contribution in [0.4, 0.5) is 0 Å². The van der Waals surface area contributed by atoms with Crippen LogP contribution in [0.5, 0.6) is 5.75 Å². The van der Waals surface area contributed by atoms with Crippen molar-refractivity contribution >= 4 is 5.97 Å². The molecule has 0 aliphatic heterocycles. The monoisotopic (exact) mass is 254 g/mol. The highest BCUT2D eigenvalue weighted by Crippen LogP contribution is 2.23. The third kappa shape index (κ3) is 3.02. The lowest BCUT2D eigenvalue weighted by Gasteiger charge is -2.10. The molecule has 0 atom stereocenters. The van der Waals surface area contributed by atoms with Gasteiger partial charge < -0.3 is 4.74 Å². The molecule has 2 nitrogen and oxygen atoms in total. The quantitative estimate of drug-likeness (QED) is 0.609. The predicted molar refractivity (Wildman–Crippen MR) is 76.7 cm³/mol. The van der Waals surface area contributed by atoms with Crippen LogP contribution in [-0.2, 0) is 6.42 Å². The van der Waals surface area contributed by atoms with Crippen LogP contribution in [0, 0.1) is 13.8 Å². The van der Waals surface area contributed by atoms with E-state index in [4.69, 9.17) is 4.74 Å². The lowest BCUT2D eigenvalue weighted by atomic mass is 10.1. The molecule has 0 fully saturated rings. The summed E-state index contributed by atoms with van der Waals surface area (Å²) in [6.07, 6.45) is 0.965. The number of benzene rings is 2. The normalized spacial score (nSPS) is 10.3. The number of carbonyl (C=O) groups is 1. The van der Waals surface area contributed by atoms with Gasteiger partial charge in [-0.3, -0.25) is 0 Å². The molecule has 0 N–H and O–H groups in total. The van der Waals surface area contributed by atoms with Crippen LogP contribution in [0.2, 0.25) is 0 Å². The van der Waals surface area contributed by atoms with E-state index in [1.807, 2.05) is 56.3 Å². The lowest BCUT2D eigenvalue weighted by molar-refractivity contribution is 0.0732. The Balaban J connectivity index is 2.20. The smallest absolute Gasteiger partial charge is 0.343 e. The van der Waals surface area contributed by atoms with Crippen LogP contribution in [0.15, 0.2) is 42.5 Å². The van der Waals surface area contributed by atoms with E-state index in [9.17, 15) is 4.79 Å². The fourth-order valence-electron chi connectivity index (χ4n) is 1.99. The molecule has 0 saturated heterocycles. The minimum Gasteiger partial charge on any atom is -0.422 e. The zero-order chi connectivity index (χ0) is 13.8. The van der Waals surface area contributed by atoms with Crippen molar-refractivity contribution in [2.75, 3.05) is 0 Å². The zero-order valence-electron chi connectivity index (χ0n) is 11.6. The maximum absolute atomic E-state index is 12.1. The van der Waals surface area contributed by atoms with Crippen LogP contribution >= 0.6 is 0 Å². The number of aryl methyl sites for hydroxylation is 3. The molecule has 98 valence electrons. The summed E-state index contributed by atoms with van der Waals surface area (Å²) in [5, 5.41) is 0. The van der Waals surface area contributed by atoms with E-state index in [1.54, 1.807) is 0 Å². The standard InChI is InChI=1S/C17H18O2/c1-4-14-8-10-15(11-9-14)17(18)19-16-12(2)6-5-7-13(16)3/h5-11H,4H2,1-3H3. The third-order valence-corrected chi connectivity index (χ3v) is 3.20. The molecule has 0 heterocycles. The number of ether oxygens (including phenoxy) is 1. The molecule has 0 spiro atoms. The molecule has 2 rings (SSSR count). The summed E-state index contributed by atoms with van der Waals surface area (Å²) in [5.41, 5.74) is 3.74. The average molecular weight is 254 g/mol. The van der Waals surface area contributed by atoms with E-state index in [-0.39, 0.29) is 5.97 Å². The molecular formula is C17H18O2. The number of rotatable bonds is 3. The van der Waals surface area contributed by atoms with Crippen molar-refractivity contribution in [3.63, 3.8) is 0 Å². The van der Waals surface area contributed by atoms with Gasteiger partial charge in [-0.15, -0.1) is 0 Å². The van der Waals surface area contributed by atoms with Gasteiger partial charge in [0.25, 0.3) is 0 Å². The highest BCUT2D eigenvalue weighted by atomic mass is 16.5. The minimum absolute atomic E-state index is 0.306. The molecule has 2 heteroatoms. The fraction of sp³-hybridized carbons (Fsp3) is 0.235. The van der Waals surface area contributed by atoms with Crippen molar-refractivity contribution in [3.8, 4) is 5.75 Å². The summed E-state index contributed by atoms with van der Waals surface area (Å²) in [7, 11) is 0. The molecule has 0 aliphatic rings. The Morgan fingerprint density at radius 2 is 1.58 bits per heavy atom. The second kappa shape index (κ2) is 5.70. The minimum atomic E-state index is -0.306. The van der Waals surface area contributed by atoms with E-state index in [0.717, 1.165) is 17.5 Å². The maximum Gasteiger partial charge on any atom is 0.343 e. The van der Waals surface area contributed by atoms with Crippen LogP contribution in [0.3, 0.4) is 0 Å². The molecule has 2 aromatic carbocycles. The van der Waals surface area contributed by atoms with Gasteiger partial charge in [0.15, 0.2) is 0 Å². The SMILES string of the molecule is CCc1ccc(C(=O)Oc2c(C)cccc2C)cc1. The number of carbonyl (C=O) groups excluding carboxylic acids is 1. The van der Waals surface area contributed by atoms with E-state index in [2.05, 4.69) is 6.92 Å². The summed E-state index contributed by atoms with van der Waals surface area (Å²) in [6.45, 7) is 5.97. The molecule has 0 amide bonds. The molecule has 0 bridgehead atoms. The van der Waals surface area contributed by atoms with Gasteiger partial charge >= 0.3 is 5.97 Å². The van der Waals surface area contributed by atoms with Crippen LogP contribution in [-0.4, -0.2) is 5.97 Å². The van der Waals surface area contributed by atoms with Crippen molar-refractivity contribution < 1.29 is 9.53 Å². The molecule has 0 aromatic heterocycles. The molecule has 0 aliphatic carbocycles. The van der Waals surface area contributed by atoms with Gasteiger partial charge in [-0.25, -0.2) is 4.79 Å². The number of esters is 1. The number of hydrogen-bond acceptors (Lipinski definition) is 2. The molecule has 19 heavy (non-hydrogen) atoms. The van der Waals surface area contributed by atoms with E-state index in [1.165, 1.54) is 5.56 Å². The van der Waals surface area contributed by atoms with Gasteiger partial charge in [-0.1, -0.05) is 37.3 Å². The Kier molecular flexibility index (Phi) is 4.00. The Morgan fingerprint density at radius 3 is 2.11 bits per heavy atom. The predicted octanol–water partition coefficient (Wildman–Crippen LogP) is 4.09. The maximum atomic E-state index is 12.1. The summed E-state index contributed by atoms with van der Waals surface area (Å²) < 4.78 is 5.50. The third-order valence-electron chi connectivity index (χ3n) is 3.20. The second-order valence-corrected chi connectivity index (χ2v) is 4.66. The lowest BCUT2D eigenvalue weighted by Crippen LogP contribution is -2.10. The Labute approximate surface area is 114 Å². The summed E-state index contributed by atoms with van der Waals surface area (Å²) >= 11 is 0. The number of para-hydroxylation sites is 1. The van der Waals surface area contributed by atoms with E-state index in [0.29, 0.717) is 11.3 Å². The van der Waals surface area contributed by atoms with Gasteiger partial charge in [0.1, 0.15) is 5.75 Å². The second-order valence-electron chi connectivity index (χ2n) is 4.66. The first-order valence-electron chi connectivity index (χ1n) is 6.49. The van der Waals surface area contributed by atoms with Crippen molar-refractivity contribution in [2.24, 2.45) is 0 Å². The van der Waals surface area contributed by atoms with E-state index < -0.39 is 0 Å². The van der Waals surface area contributed by atoms with Crippen molar-refractivity contribution in [1.82, 2.24) is 0 Å². The summed E-state index contributed by atoms with van der Waals surface area (Å²) in [6, 6.07) is 13.4. The molecule has 0 saturated carbocycles. The largest absolute Gasteiger partial charge is 0.422 e. The van der Waals surface area contributed by atoms with Gasteiger partial charge in [0.2, 0.25) is 0 Å². The van der Waals surface area contributed by atoms with Crippen LogP contribution < -0.4 is 4.74 Å². The van der Waals surface area contributed by atoms with Crippen molar-refractivity contribution in [2.45, 2.75) is 27.2 Å². The molecular weight excluding hydrogens is 236 g/mol. The van der Waals surface area contributed by atoms with Crippen molar-refractivity contribution in [1.29, 1.82) is 0 Å². The first-order chi connectivity index (χ1) is 9.11.